The first-order chi connectivity index (χ1) is 12.6. The van der Waals surface area contributed by atoms with E-state index in [1.165, 1.54) is 18.5 Å². The van der Waals surface area contributed by atoms with Crippen LogP contribution in [-0.4, -0.2) is 37.1 Å². The van der Waals surface area contributed by atoms with Crippen LogP contribution in [-0.2, 0) is 6.54 Å². The summed E-state index contributed by atoms with van der Waals surface area (Å²) in [6.07, 6.45) is 7.74. The van der Waals surface area contributed by atoms with Crippen LogP contribution in [0.3, 0.4) is 0 Å². The first kappa shape index (κ1) is 17.2. The number of anilines is 4. The summed E-state index contributed by atoms with van der Waals surface area (Å²) in [7, 11) is 0. The van der Waals surface area contributed by atoms with E-state index >= 15 is 0 Å². The third-order valence-corrected chi connectivity index (χ3v) is 3.72. The predicted octanol–water partition coefficient (Wildman–Crippen LogP) is 2.20. The zero-order valence-corrected chi connectivity index (χ0v) is 14.0. The fourth-order valence-electron chi connectivity index (χ4n) is 2.36. The molecule has 0 fully saturated rings. The number of nitrogen functional groups attached to an aromatic ring is 1. The highest BCUT2D eigenvalue weighted by atomic mass is 16.4. The second kappa shape index (κ2) is 7.97. The molecule has 3 aromatic rings. The second-order valence-corrected chi connectivity index (χ2v) is 5.57. The molecule has 1 aromatic carbocycles. The topological polar surface area (TPSA) is 131 Å². The summed E-state index contributed by atoms with van der Waals surface area (Å²) in [4.78, 5) is 23.2. The van der Waals surface area contributed by atoms with E-state index < -0.39 is 5.97 Å². The lowest BCUT2D eigenvalue weighted by molar-refractivity contribution is 0.0697. The fourth-order valence-corrected chi connectivity index (χ4v) is 2.36. The number of rotatable bonds is 8. The van der Waals surface area contributed by atoms with Gasteiger partial charge in [0.2, 0.25) is 0 Å². The molecular weight excluding hydrogens is 334 g/mol. The van der Waals surface area contributed by atoms with Crippen LogP contribution in [0.2, 0.25) is 0 Å². The summed E-state index contributed by atoms with van der Waals surface area (Å²) >= 11 is 0. The molecule has 0 spiro atoms. The first-order valence-electron chi connectivity index (χ1n) is 8.04. The Morgan fingerprint density at radius 1 is 1.19 bits per heavy atom. The highest BCUT2D eigenvalue weighted by Crippen LogP contribution is 2.25. The third kappa shape index (κ3) is 4.26. The minimum Gasteiger partial charge on any atom is -0.478 e. The van der Waals surface area contributed by atoms with Gasteiger partial charge in [0.25, 0.3) is 0 Å². The summed E-state index contributed by atoms with van der Waals surface area (Å²) in [5.74, 6) is 0.0377. The number of benzene rings is 1. The molecule has 0 aliphatic carbocycles. The quantitative estimate of drug-likeness (QED) is 0.453. The summed E-state index contributed by atoms with van der Waals surface area (Å²) in [6, 6.07) is 6.33. The summed E-state index contributed by atoms with van der Waals surface area (Å²) in [5, 5.41) is 15.2. The lowest BCUT2D eigenvalue weighted by atomic mass is 10.2. The number of hydrogen-bond donors (Lipinski definition) is 4. The van der Waals surface area contributed by atoms with Gasteiger partial charge in [-0.3, -0.25) is 0 Å². The van der Waals surface area contributed by atoms with Crippen LogP contribution in [0.1, 0.15) is 16.8 Å². The maximum Gasteiger partial charge on any atom is 0.335 e. The van der Waals surface area contributed by atoms with Gasteiger partial charge in [-0.1, -0.05) is 0 Å². The van der Waals surface area contributed by atoms with Gasteiger partial charge >= 0.3 is 5.97 Å². The average molecular weight is 353 g/mol. The van der Waals surface area contributed by atoms with E-state index in [1.54, 1.807) is 24.7 Å². The molecule has 9 heteroatoms. The molecular formula is C17H19N7O2. The number of aryl methyl sites for hydroxylation is 1. The van der Waals surface area contributed by atoms with Crippen molar-refractivity contribution in [3.8, 4) is 0 Å². The van der Waals surface area contributed by atoms with Crippen molar-refractivity contribution in [2.75, 3.05) is 22.9 Å². The van der Waals surface area contributed by atoms with Crippen molar-refractivity contribution in [2.24, 2.45) is 0 Å². The number of hydrogen-bond acceptors (Lipinski definition) is 7. The Balaban J connectivity index is 1.60. The number of carboxylic acid groups (broad SMARTS) is 1. The predicted molar refractivity (Wildman–Crippen MR) is 98.5 cm³/mol. The second-order valence-electron chi connectivity index (χ2n) is 5.57. The SMILES string of the molecule is Nc1c(NCCCn2ccnc2)ncnc1Nc1ccc(C(=O)O)cc1. The third-order valence-electron chi connectivity index (χ3n) is 3.72. The van der Waals surface area contributed by atoms with Gasteiger partial charge in [0.1, 0.15) is 12.0 Å². The minimum atomic E-state index is -0.972. The van der Waals surface area contributed by atoms with Gasteiger partial charge in [0.15, 0.2) is 11.6 Å². The number of carboxylic acids is 1. The molecule has 0 amide bonds. The van der Waals surface area contributed by atoms with Crippen LogP contribution in [0.4, 0.5) is 23.0 Å². The Morgan fingerprint density at radius 3 is 2.65 bits per heavy atom. The van der Waals surface area contributed by atoms with Gasteiger partial charge in [-0.15, -0.1) is 0 Å². The van der Waals surface area contributed by atoms with Crippen LogP contribution in [0.5, 0.6) is 0 Å². The number of nitrogens with zero attached hydrogens (tertiary/aromatic N) is 4. The Labute approximate surface area is 149 Å². The lowest BCUT2D eigenvalue weighted by Gasteiger charge is -2.12. The van der Waals surface area contributed by atoms with E-state index in [2.05, 4.69) is 25.6 Å². The number of aromatic nitrogens is 4. The van der Waals surface area contributed by atoms with Crippen LogP contribution in [0, 0.1) is 0 Å². The molecule has 2 heterocycles. The number of carbonyl (C=O) groups is 1. The molecule has 2 aromatic heterocycles. The van der Waals surface area contributed by atoms with Crippen LogP contribution in [0.25, 0.3) is 0 Å². The van der Waals surface area contributed by atoms with Crippen molar-refractivity contribution in [3.63, 3.8) is 0 Å². The summed E-state index contributed by atoms with van der Waals surface area (Å²) in [6.45, 7) is 1.55. The van der Waals surface area contributed by atoms with Gasteiger partial charge in [0, 0.05) is 31.2 Å². The summed E-state index contributed by atoms with van der Waals surface area (Å²) < 4.78 is 2.00. The van der Waals surface area contributed by atoms with Crippen molar-refractivity contribution in [2.45, 2.75) is 13.0 Å². The smallest absolute Gasteiger partial charge is 0.335 e. The average Bonchev–Trinajstić information content (AvgIpc) is 3.15. The first-order valence-corrected chi connectivity index (χ1v) is 8.04. The molecule has 0 saturated heterocycles. The molecule has 0 atom stereocenters. The number of nitrogens with two attached hydrogens (primary N) is 1. The van der Waals surface area contributed by atoms with Crippen LogP contribution < -0.4 is 16.4 Å². The van der Waals surface area contributed by atoms with Crippen LogP contribution >= 0.6 is 0 Å². The Morgan fingerprint density at radius 2 is 1.96 bits per heavy atom. The highest BCUT2D eigenvalue weighted by molar-refractivity contribution is 5.88. The van der Waals surface area contributed by atoms with E-state index in [0.717, 1.165) is 13.0 Å². The number of imidazole rings is 1. The van der Waals surface area contributed by atoms with Crippen molar-refractivity contribution in [1.29, 1.82) is 0 Å². The van der Waals surface area contributed by atoms with E-state index in [9.17, 15) is 4.79 Å². The van der Waals surface area contributed by atoms with E-state index in [-0.39, 0.29) is 5.56 Å². The molecule has 9 nitrogen and oxygen atoms in total. The van der Waals surface area contributed by atoms with Gasteiger partial charge < -0.3 is 26.0 Å². The molecule has 134 valence electrons. The number of aromatic carboxylic acids is 1. The maximum absolute atomic E-state index is 10.9. The zero-order valence-electron chi connectivity index (χ0n) is 14.0. The molecule has 0 radical (unpaired) electrons. The lowest BCUT2D eigenvalue weighted by Crippen LogP contribution is -2.10. The van der Waals surface area contributed by atoms with Crippen molar-refractivity contribution < 1.29 is 9.90 Å². The Kier molecular flexibility index (Phi) is 5.28. The van der Waals surface area contributed by atoms with Crippen molar-refractivity contribution in [3.05, 3.63) is 54.9 Å². The molecule has 0 aliphatic heterocycles. The molecule has 0 unspecified atom stereocenters. The minimum absolute atomic E-state index is 0.214. The molecule has 0 bridgehead atoms. The Bertz CT molecular complexity index is 863. The van der Waals surface area contributed by atoms with Crippen molar-refractivity contribution in [1.82, 2.24) is 19.5 Å². The van der Waals surface area contributed by atoms with Gasteiger partial charge in [-0.05, 0) is 30.7 Å². The highest BCUT2D eigenvalue weighted by Gasteiger charge is 2.09. The van der Waals surface area contributed by atoms with Gasteiger partial charge in [0.05, 0.1) is 11.9 Å². The standard InChI is InChI=1S/C17H19N7O2/c18-14-15(20-6-1-8-24-9-7-19-11-24)21-10-22-16(14)23-13-4-2-12(3-5-13)17(25)26/h2-5,7,9-11H,1,6,8,18H2,(H,25,26)(H2,20,21,22,23). The Hall–Kier alpha value is -3.62. The van der Waals surface area contributed by atoms with Gasteiger partial charge in [-0.25, -0.2) is 19.7 Å². The molecule has 3 rings (SSSR count). The van der Waals surface area contributed by atoms with E-state index in [1.807, 2.05) is 10.8 Å². The largest absolute Gasteiger partial charge is 0.478 e. The molecule has 0 aliphatic rings. The molecule has 26 heavy (non-hydrogen) atoms. The number of nitrogens with one attached hydrogen (secondary N) is 2. The summed E-state index contributed by atoms with van der Waals surface area (Å²) in [5.41, 5.74) is 7.43. The van der Waals surface area contributed by atoms with E-state index in [0.29, 0.717) is 29.6 Å². The maximum atomic E-state index is 10.9. The zero-order chi connectivity index (χ0) is 18.4. The van der Waals surface area contributed by atoms with Gasteiger partial charge in [-0.2, -0.15) is 0 Å². The van der Waals surface area contributed by atoms with Crippen LogP contribution in [0.15, 0.2) is 49.3 Å². The normalized spacial score (nSPS) is 10.5. The molecule has 0 saturated carbocycles. The monoisotopic (exact) mass is 353 g/mol. The van der Waals surface area contributed by atoms with Crippen molar-refractivity contribution >= 4 is 29.0 Å². The molecule has 5 N–H and O–H groups in total. The fraction of sp³-hybridized carbons (Fsp3) is 0.176. The van der Waals surface area contributed by atoms with E-state index in [4.69, 9.17) is 10.8 Å².